The molecule has 4 heteroatoms. The second-order valence-corrected chi connectivity index (χ2v) is 4.33. The highest BCUT2D eigenvalue weighted by Crippen LogP contribution is 2.25. The van der Waals surface area contributed by atoms with Gasteiger partial charge >= 0.3 is 0 Å². The number of H-pyrrole nitrogens is 1. The predicted octanol–water partition coefficient (Wildman–Crippen LogP) is 2.77. The Bertz CT molecular complexity index is 436. The van der Waals surface area contributed by atoms with Crippen molar-refractivity contribution in [3.63, 3.8) is 0 Å². The van der Waals surface area contributed by atoms with Gasteiger partial charge in [0, 0.05) is 5.69 Å². The summed E-state index contributed by atoms with van der Waals surface area (Å²) >= 11 is 1.79. The molecule has 0 spiro atoms. The molecule has 0 saturated heterocycles. The topological polar surface area (TPSA) is 41.6 Å². The summed E-state index contributed by atoms with van der Waals surface area (Å²) in [6.07, 6.45) is 2.79. The summed E-state index contributed by atoms with van der Waals surface area (Å²) in [6, 6.07) is 2.10. The second-order valence-electron chi connectivity index (χ2n) is 3.24. The van der Waals surface area contributed by atoms with Crippen LogP contribution in [0.1, 0.15) is 19.0 Å². The Labute approximate surface area is 87.3 Å². The molecule has 0 aliphatic rings. The maximum atomic E-state index is 4.29. The zero-order chi connectivity index (χ0) is 9.97. The number of fused-ring (bicyclic) bond motifs is 1. The van der Waals surface area contributed by atoms with Crippen LogP contribution in [0.15, 0.2) is 17.4 Å². The molecule has 14 heavy (non-hydrogen) atoms. The Balaban J connectivity index is 2.42. The number of aromatic nitrogens is 3. The molecule has 74 valence electrons. The highest BCUT2D eigenvalue weighted by Gasteiger charge is 2.05. The summed E-state index contributed by atoms with van der Waals surface area (Å²) in [6.45, 7) is 4.21. The number of aromatic amines is 1. The van der Waals surface area contributed by atoms with Crippen molar-refractivity contribution in [2.45, 2.75) is 25.3 Å². The quantitative estimate of drug-likeness (QED) is 0.621. The van der Waals surface area contributed by atoms with Crippen molar-refractivity contribution in [1.82, 2.24) is 15.0 Å². The van der Waals surface area contributed by atoms with E-state index >= 15 is 0 Å². The first kappa shape index (κ1) is 9.52. The largest absolute Gasteiger partial charge is 0.343 e. The van der Waals surface area contributed by atoms with Crippen LogP contribution in [0.2, 0.25) is 0 Å². The maximum absolute atomic E-state index is 4.29. The first-order valence-electron chi connectivity index (χ1n) is 4.74. The monoisotopic (exact) mass is 207 g/mol. The predicted molar refractivity (Wildman–Crippen MR) is 59.6 cm³/mol. The molecule has 0 fully saturated rings. The van der Waals surface area contributed by atoms with Crippen LogP contribution < -0.4 is 0 Å². The average molecular weight is 207 g/mol. The van der Waals surface area contributed by atoms with Gasteiger partial charge in [0.1, 0.15) is 17.0 Å². The van der Waals surface area contributed by atoms with Gasteiger partial charge in [-0.05, 0) is 25.2 Å². The van der Waals surface area contributed by atoms with Crippen LogP contribution >= 0.6 is 11.8 Å². The lowest BCUT2D eigenvalue weighted by atomic mass is 10.4. The van der Waals surface area contributed by atoms with E-state index in [0.29, 0.717) is 0 Å². The van der Waals surface area contributed by atoms with E-state index in [4.69, 9.17) is 0 Å². The highest BCUT2D eigenvalue weighted by molar-refractivity contribution is 7.99. The lowest BCUT2D eigenvalue weighted by molar-refractivity contribution is 1.07. The minimum Gasteiger partial charge on any atom is -0.343 e. The highest BCUT2D eigenvalue weighted by atomic mass is 32.2. The Morgan fingerprint density at radius 2 is 2.29 bits per heavy atom. The third kappa shape index (κ3) is 1.75. The van der Waals surface area contributed by atoms with Gasteiger partial charge in [0.25, 0.3) is 0 Å². The molecule has 0 aliphatic carbocycles. The van der Waals surface area contributed by atoms with Gasteiger partial charge in [0.2, 0.25) is 0 Å². The fourth-order valence-electron chi connectivity index (χ4n) is 1.36. The molecule has 0 bridgehead atoms. The summed E-state index contributed by atoms with van der Waals surface area (Å²) < 4.78 is 0. The van der Waals surface area contributed by atoms with Crippen molar-refractivity contribution < 1.29 is 0 Å². The first-order chi connectivity index (χ1) is 6.81. The average Bonchev–Trinajstić information content (AvgIpc) is 2.55. The molecular formula is C10H13N3S. The van der Waals surface area contributed by atoms with Crippen molar-refractivity contribution in [2.75, 3.05) is 5.75 Å². The van der Waals surface area contributed by atoms with Gasteiger partial charge in [-0.3, -0.25) is 0 Å². The van der Waals surface area contributed by atoms with E-state index in [2.05, 4.69) is 27.9 Å². The number of hydrogen-bond donors (Lipinski definition) is 1. The third-order valence-electron chi connectivity index (χ3n) is 1.97. The van der Waals surface area contributed by atoms with E-state index in [9.17, 15) is 0 Å². The summed E-state index contributed by atoms with van der Waals surface area (Å²) in [5.74, 6) is 1.11. The molecule has 0 saturated carbocycles. The summed E-state index contributed by atoms with van der Waals surface area (Å²) in [4.78, 5) is 11.7. The fourth-order valence-corrected chi connectivity index (χ4v) is 2.19. The Morgan fingerprint density at radius 1 is 1.43 bits per heavy atom. The third-order valence-corrected chi connectivity index (χ3v) is 3.18. The van der Waals surface area contributed by atoms with Gasteiger partial charge in [-0.2, -0.15) is 0 Å². The van der Waals surface area contributed by atoms with Crippen molar-refractivity contribution in [2.24, 2.45) is 0 Å². The maximum Gasteiger partial charge on any atom is 0.142 e. The van der Waals surface area contributed by atoms with Gasteiger partial charge in [0.05, 0.1) is 5.39 Å². The summed E-state index contributed by atoms with van der Waals surface area (Å²) in [5, 5.41) is 2.23. The Kier molecular flexibility index (Phi) is 2.72. The van der Waals surface area contributed by atoms with Crippen LogP contribution in [0.3, 0.4) is 0 Å². The Hall–Kier alpha value is -1.03. The number of nitrogens with zero attached hydrogens (tertiary/aromatic N) is 2. The van der Waals surface area contributed by atoms with Crippen LogP contribution in [-0.2, 0) is 0 Å². The molecule has 2 aromatic rings. The smallest absolute Gasteiger partial charge is 0.142 e. The van der Waals surface area contributed by atoms with Crippen LogP contribution in [0.25, 0.3) is 11.0 Å². The molecule has 1 N–H and O–H groups in total. The molecule has 2 rings (SSSR count). The molecule has 0 unspecified atom stereocenters. The van der Waals surface area contributed by atoms with Crippen molar-refractivity contribution in [1.29, 1.82) is 0 Å². The number of aryl methyl sites for hydroxylation is 1. The lowest BCUT2D eigenvalue weighted by Gasteiger charge is -1.98. The normalized spacial score (nSPS) is 11.0. The standard InChI is InChI=1S/C10H13N3S/c1-3-4-14-10-8-5-7(2)13-9(8)11-6-12-10/h5-6H,3-4H2,1-2H3,(H,11,12,13). The second kappa shape index (κ2) is 4.00. The number of thioether (sulfide) groups is 1. The molecule has 0 atom stereocenters. The van der Waals surface area contributed by atoms with E-state index in [-0.39, 0.29) is 0 Å². The minimum atomic E-state index is 0.941. The van der Waals surface area contributed by atoms with E-state index in [1.165, 1.54) is 6.42 Å². The minimum absolute atomic E-state index is 0.941. The van der Waals surface area contributed by atoms with Gasteiger partial charge in [-0.1, -0.05) is 6.92 Å². The Morgan fingerprint density at radius 3 is 3.07 bits per heavy atom. The van der Waals surface area contributed by atoms with Gasteiger partial charge in [0.15, 0.2) is 0 Å². The molecule has 2 aromatic heterocycles. The van der Waals surface area contributed by atoms with Crippen molar-refractivity contribution in [3.8, 4) is 0 Å². The van der Waals surface area contributed by atoms with Crippen LogP contribution in [0.5, 0.6) is 0 Å². The van der Waals surface area contributed by atoms with E-state index in [1.54, 1.807) is 18.1 Å². The molecule has 3 nitrogen and oxygen atoms in total. The van der Waals surface area contributed by atoms with Gasteiger partial charge < -0.3 is 4.98 Å². The van der Waals surface area contributed by atoms with Crippen LogP contribution in [-0.4, -0.2) is 20.7 Å². The summed E-state index contributed by atoms with van der Waals surface area (Å²) in [7, 11) is 0. The first-order valence-corrected chi connectivity index (χ1v) is 5.73. The SMILES string of the molecule is CCCSc1ncnc2[nH]c(C)cc12. The lowest BCUT2D eigenvalue weighted by Crippen LogP contribution is -1.85. The molecule has 0 amide bonds. The molecule has 2 heterocycles. The van der Waals surface area contributed by atoms with Crippen molar-refractivity contribution in [3.05, 3.63) is 18.1 Å². The zero-order valence-corrected chi connectivity index (χ0v) is 9.19. The van der Waals surface area contributed by atoms with Crippen molar-refractivity contribution >= 4 is 22.8 Å². The van der Waals surface area contributed by atoms with Crippen LogP contribution in [0.4, 0.5) is 0 Å². The molecular weight excluding hydrogens is 194 g/mol. The zero-order valence-electron chi connectivity index (χ0n) is 8.37. The van der Waals surface area contributed by atoms with E-state index in [0.717, 1.165) is 27.5 Å². The molecule has 0 radical (unpaired) electrons. The number of rotatable bonds is 3. The van der Waals surface area contributed by atoms with Crippen LogP contribution in [0, 0.1) is 6.92 Å². The number of nitrogens with one attached hydrogen (secondary N) is 1. The fraction of sp³-hybridized carbons (Fsp3) is 0.400. The van der Waals surface area contributed by atoms with Gasteiger partial charge in [-0.25, -0.2) is 9.97 Å². The van der Waals surface area contributed by atoms with E-state index in [1.807, 2.05) is 6.92 Å². The summed E-state index contributed by atoms with van der Waals surface area (Å²) in [5.41, 5.74) is 2.08. The molecule has 0 aliphatic heterocycles. The number of hydrogen-bond acceptors (Lipinski definition) is 3. The van der Waals surface area contributed by atoms with E-state index < -0.39 is 0 Å². The van der Waals surface area contributed by atoms with Gasteiger partial charge in [-0.15, -0.1) is 11.8 Å². The molecule has 0 aromatic carbocycles.